The Kier molecular flexibility index (Phi) is 5.23. The molecule has 116 valence electrons. The lowest BCUT2D eigenvalue weighted by atomic mass is 10.1. The van der Waals surface area contributed by atoms with Gasteiger partial charge in [0.1, 0.15) is 0 Å². The standard InChI is InChI=1S/C17H13ClN2OS2/c18-13-4-1-3-12(9-13)10-15-11-19-17(23-15)20-16(21)7-6-14-5-2-8-22-14/h1-9,11H,10H2,(H,19,20,21). The Labute approximate surface area is 147 Å². The number of halogens is 1. The molecule has 2 heterocycles. The first-order chi connectivity index (χ1) is 11.2. The van der Waals surface area contributed by atoms with Crippen LogP contribution in [0.15, 0.2) is 54.1 Å². The molecule has 0 bridgehead atoms. The topological polar surface area (TPSA) is 42.0 Å². The highest BCUT2D eigenvalue weighted by Gasteiger charge is 2.06. The summed E-state index contributed by atoms with van der Waals surface area (Å²) in [6.07, 6.45) is 5.84. The Morgan fingerprint density at radius 1 is 1.30 bits per heavy atom. The largest absolute Gasteiger partial charge is 0.298 e. The van der Waals surface area contributed by atoms with Crippen molar-refractivity contribution in [2.45, 2.75) is 6.42 Å². The number of nitrogens with zero attached hydrogens (tertiary/aromatic N) is 1. The van der Waals surface area contributed by atoms with Crippen molar-refractivity contribution in [3.8, 4) is 0 Å². The molecule has 1 aromatic carbocycles. The average molecular weight is 361 g/mol. The molecule has 1 amide bonds. The van der Waals surface area contributed by atoms with E-state index in [2.05, 4.69) is 10.3 Å². The molecule has 0 radical (unpaired) electrons. The van der Waals surface area contributed by atoms with Crippen LogP contribution in [0.2, 0.25) is 5.02 Å². The highest BCUT2D eigenvalue weighted by Crippen LogP contribution is 2.22. The van der Waals surface area contributed by atoms with E-state index in [1.807, 2.05) is 41.8 Å². The van der Waals surface area contributed by atoms with Crippen molar-refractivity contribution in [3.05, 3.63) is 74.4 Å². The second-order valence-electron chi connectivity index (χ2n) is 4.78. The number of hydrogen-bond acceptors (Lipinski definition) is 4. The molecule has 0 fully saturated rings. The Morgan fingerprint density at radius 3 is 3.00 bits per heavy atom. The summed E-state index contributed by atoms with van der Waals surface area (Å²) < 4.78 is 0. The number of aromatic nitrogens is 1. The van der Waals surface area contributed by atoms with Crippen LogP contribution >= 0.6 is 34.3 Å². The van der Waals surface area contributed by atoms with Gasteiger partial charge < -0.3 is 0 Å². The maximum absolute atomic E-state index is 11.9. The van der Waals surface area contributed by atoms with Crippen molar-refractivity contribution in [2.24, 2.45) is 0 Å². The van der Waals surface area contributed by atoms with Crippen molar-refractivity contribution >= 4 is 51.4 Å². The quantitative estimate of drug-likeness (QED) is 0.643. The van der Waals surface area contributed by atoms with E-state index in [-0.39, 0.29) is 5.91 Å². The second kappa shape index (κ2) is 7.55. The van der Waals surface area contributed by atoms with E-state index in [0.29, 0.717) is 5.13 Å². The maximum atomic E-state index is 11.9. The number of carbonyl (C=O) groups is 1. The molecular formula is C17H13ClN2OS2. The lowest BCUT2D eigenvalue weighted by molar-refractivity contribution is -0.111. The number of carbonyl (C=O) groups excluding carboxylic acids is 1. The van der Waals surface area contributed by atoms with Gasteiger partial charge in [-0.2, -0.15) is 0 Å². The van der Waals surface area contributed by atoms with E-state index in [1.165, 1.54) is 17.4 Å². The maximum Gasteiger partial charge on any atom is 0.250 e. The number of nitrogens with one attached hydrogen (secondary N) is 1. The minimum Gasteiger partial charge on any atom is -0.298 e. The predicted molar refractivity (Wildman–Crippen MR) is 98.4 cm³/mol. The van der Waals surface area contributed by atoms with E-state index in [0.717, 1.165) is 26.8 Å². The number of hydrogen-bond donors (Lipinski definition) is 1. The van der Waals surface area contributed by atoms with Crippen molar-refractivity contribution in [2.75, 3.05) is 5.32 Å². The summed E-state index contributed by atoms with van der Waals surface area (Å²) >= 11 is 9.04. The number of thiophene rings is 1. The third-order valence-corrected chi connectivity index (χ3v) is 4.98. The smallest absolute Gasteiger partial charge is 0.250 e. The number of thiazole rings is 1. The van der Waals surface area contributed by atoms with Gasteiger partial charge in [0.15, 0.2) is 5.13 Å². The average Bonchev–Trinajstić information content (AvgIpc) is 3.17. The number of benzene rings is 1. The Bertz CT molecular complexity index is 825. The molecule has 0 atom stereocenters. The van der Waals surface area contributed by atoms with Crippen LogP contribution in [0.4, 0.5) is 5.13 Å². The summed E-state index contributed by atoms with van der Waals surface area (Å²) in [6.45, 7) is 0. The van der Waals surface area contributed by atoms with Gasteiger partial charge in [0, 0.05) is 33.5 Å². The molecule has 0 saturated carbocycles. The summed E-state index contributed by atoms with van der Waals surface area (Å²) in [5, 5.41) is 6.08. The van der Waals surface area contributed by atoms with Gasteiger partial charge in [0.05, 0.1) is 0 Å². The zero-order chi connectivity index (χ0) is 16.1. The Balaban J connectivity index is 1.59. The molecule has 0 saturated heterocycles. The minimum absolute atomic E-state index is 0.179. The summed E-state index contributed by atoms with van der Waals surface area (Å²) in [5.41, 5.74) is 1.12. The lowest BCUT2D eigenvalue weighted by Gasteiger charge is -1.98. The summed E-state index contributed by atoms with van der Waals surface area (Å²) in [7, 11) is 0. The summed E-state index contributed by atoms with van der Waals surface area (Å²) in [6, 6.07) is 11.6. The van der Waals surface area contributed by atoms with Gasteiger partial charge in [-0.3, -0.25) is 10.1 Å². The van der Waals surface area contributed by atoms with Crippen LogP contribution in [-0.2, 0) is 11.2 Å². The van der Waals surface area contributed by atoms with Crippen LogP contribution in [0.5, 0.6) is 0 Å². The van der Waals surface area contributed by atoms with Gasteiger partial charge in [-0.25, -0.2) is 4.98 Å². The molecule has 0 aliphatic carbocycles. The van der Waals surface area contributed by atoms with Crippen LogP contribution in [-0.4, -0.2) is 10.9 Å². The molecule has 2 aromatic heterocycles. The zero-order valence-electron chi connectivity index (χ0n) is 12.0. The molecular weight excluding hydrogens is 348 g/mol. The molecule has 0 aliphatic heterocycles. The van der Waals surface area contributed by atoms with E-state index < -0.39 is 0 Å². The molecule has 3 rings (SSSR count). The van der Waals surface area contributed by atoms with Crippen LogP contribution in [0, 0.1) is 0 Å². The normalized spacial score (nSPS) is 11.0. The second-order valence-corrected chi connectivity index (χ2v) is 7.31. The highest BCUT2D eigenvalue weighted by atomic mass is 35.5. The minimum atomic E-state index is -0.179. The molecule has 0 aliphatic rings. The molecule has 1 N–H and O–H groups in total. The molecule has 0 spiro atoms. The van der Waals surface area contributed by atoms with Crippen LogP contribution < -0.4 is 5.32 Å². The van der Waals surface area contributed by atoms with Crippen LogP contribution in [0.1, 0.15) is 15.3 Å². The number of rotatable bonds is 5. The van der Waals surface area contributed by atoms with Gasteiger partial charge in [0.2, 0.25) is 5.91 Å². The highest BCUT2D eigenvalue weighted by molar-refractivity contribution is 7.15. The van der Waals surface area contributed by atoms with E-state index >= 15 is 0 Å². The van der Waals surface area contributed by atoms with Gasteiger partial charge >= 0.3 is 0 Å². The molecule has 23 heavy (non-hydrogen) atoms. The van der Waals surface area contributed by atoms with Crippen molar-refractivity contribution < 1.29 is 4.79 Å². The predicted octanol–water partition coefficient (Wildman–Crippen LogP) is 5.10. The molecule has 3 nitrogen and oxygen atoms in total. The number of anilines is 1. The first kappa shape index (κ1) is 15.9. The fraction of sp³-hybridized carbons (Fsp3) is 0.0588. The van der Waals surface area contributed by atoms with Crippen molar-refractivity contribution in [3.63, 3.8) is 0 Å². The molecule has 0 unspecified atom stereocenters. The first-order valence-corrected chi connectivity index (χ1v) is 8.98. The third-order valence-electron chi connectivity index (χ3n) is 2.99. The van der Waals surface area contributed by atoms with Crippen molar-refractivity contribution in [1.29, 1.82) is 0 Å². The molecule has 6 heteroatoms. The van der Waals surface area contributed by atoms with Gasteiger partial charge in [-0.15, -0.1) is 22.7 Å². The SMILES string of the molecule is O=C(C=Cc1cccs1)Nc1ncc(Cc2cccc(Cl)c2)s1. The van der Waals surface area contributed by atoms with Gasteiger partial charge in [-0.05, 0) is 35.2 Å². The van der Waals surface area contributed by atoms with E-state index in [1.54, 1.807) is 23.6 Å². The lowest BCUT2D eigenvalue weighted by Crippen LogP contribution is -2.06. The Hall–Kier alpha value is -1.95. The van der Waals surface area contributed by atoms with E-state index in [4.69, 9.17) is 11.6 Å². The van der Waals surface area contributed by atoms with Crippen LogP contribution in [0.3, 0.4) is 0 Å². The summed E-state index contributed by atoms with van der Waals surface area (Å²) in [5.74, 6) is -0.179. The molecule has 3 aromatic rings. The summed E-state index contributed by atoms with van der Waals surface area (Å²) in [4.78, 5) is 18.2. The number of amides is 1. The van der Waals surface area contributed by atoms with E-state index in [9.17, 15) is 4.79 Å². The fourth-order valence-electron chi connectivity index (χ4n) is 1.99. The fourth-order valence-corrected chi connectivity index (χ4v) is 3.67. The van der Waals surface area contributed by atoms with Gasteiger partial charge in [0.25, 0.3) is 0 Å². The van der Waals surface area contributed by atoms with Gasteiger partial charge in [-0.1, -0.05) is 29.8 Å². The Morgan fingerprint density at radius 2 is 2.22 bits per heavy atom. The monoisotopic (exact) mass is 360 g/mol. The zero-order valence-corrected chi connectivity index (χ0v) is 14.4. The third kappa shape index (κ3) is 4.76. The van der Waals surface area contributed by atoms with Crippen molar-refractivity contribution in [1.82, 2.24) is 4.98 Å². The van der Waals surface area contributed by atoms with Crippen LogP contribution in [0.25, 0.3) is 6.08 Å². The first-order valence-electron chi connectivity index (χ1n) is 6.91.